The van der Waals surface area contributed by atoms with E-state index in [1.54, 1.807) is 43.6 Å². The van der Waals surface area contributed by atoms with Crippen LogP contribution in [-0.2, 0) is 6.54 Å². The Labute approximate surface area is 161 Å². The van der Waals surface area contributed by atoms with E-state index < -0.39 is 0 Å². The number of halogens is 2. The zero-order valence-electron chi connectivity index (χ0n) is 14.5. The van der Waals surface area contributed by atoms with Crippen LogP contribution in [0.15, 0.2) is 60.9 Å². The van der Waals surface area contributed by atoms with Crippen molar-refractivity contribution in [3.63, 3.8) is 0 Å². The van der Waals surface area contributed by atoms with Crippen molar-refractivity contribution in [2.24, 2.45) is 0 Å². The third-order valence-corrected chi connectivity index (χ3v) is 4.10. The molecule has 3 rings (SSSR count). The maximum absolute atomic E-state index is 12.9. The Kier molecular flexibility index (Phi) is 5.88. The Morgan fingerprint density at radius 1 is 1.11 bits per heavy atom. The molecular formula is C20H17ClFN3O2. The van der Waals surface area contributed by atoms with Crippen LogP contribution < -0.4 is 15.4 Å². The molecule has 27 heavy (non-hydrogen) atoms. The maximum Gasteiger partial charge on any atom is 0.253 e. The van der Waals surface area contributed by atoms with Crippen molar-refractivity contribution in [3.05, 3.63) is 82.9 Å². The van der Waals surface area contributed by atoms with E-state index in [1.807, 2.05) is 6.07 Å². The molecule has 0 saturated heterocycles. The molecule has 5 nitrogen and oxygen atoms in total. The minimum Gasteiger partial charge on any atom is -0.495 e. The van der Waals surface area contributed by atoms with E-state index >= 15 is 0 Å². The minimum absolute atomic E-state index is 0.275. The van der Waals surface area contributed by atoms with Crippen LogP contribution in [0.4, 0.5) is 15.8 Å². The number of carbonyl (C=O) groups excluding carboxylic acids is 1. The molecule has 2 aromatic carbocycles. The summed E-state index contributed by atoms with van der Waals surface area (Å²) in [4.78, 5) is 16.4. The van der Waals surface area contributed by atoms with Crippen molar-refractivity contribution in [2.75, 3.05) is 12.4 Å². The number of rotatable bonds is 6. The van der Waals surface area contributed by atoms with Crippen molar-refractivity contribution in [3.8, 4) is 5.75 Å². The maximum atomic E-state index is 12.9. The van der Waals surface area contributed by atoms with Gasteiger partial charge in [0.15, 0.2) is 0 Å². The van der Waals surface area contributed by atoms with Gasteiger partial charge in [-0.3, -0.25) is 9.78 Å². The van der Waals surface area contributed by atoms with Crippen LogP contribution in [0.1, 0.15) is 15.9 Å². The van der Waals surface area contributed by atoms with Crippen LogP contribution >= 0.6 is 11.6 Å². The number of ether oxygens (including phenoxy) is 1. The van der Waals surface area contributed by atoms with Gasteiger partial charge >= 0.3 is 0 Å². The van der Waals surface area contributed by atoms with Gasteiger partial charge in [-0.05, 0) is 42.0 Å². The van der Waals surface area contributed by atoms with Gasteiger partial charge in [-0.15, -0.1) is 0 Å². The molecule has 1 amide bonds. The molecule has 0 spiro atoms. The highest BCUT2D eigenvalue weighted by Crippen LogP contribution is 2.28. The molecule has 0 aliphatic heterocycles. The van der Waals surface area contributed by atoms with Gasteiger partial charge in [0.1, 0.15) is 11.6 Å². The second-order valence-electron chi connectivity index (χ2n) is 5.75. The molecule has 0 aliphatic rings. The van der Waals surface area contributed by atoms with Gasteiger partial charge in [0.05, 0.1) is 29.6 Å². The van der Waals surface area contributed by atoms with Crippen LogP contribution in [0.25, 0.3) is 0 Å². The van der Waals surface area contributed by atoms with Gasteiger partial charge < -0.3 is 15.4 Å². The predicted octanol–water partition coefficient (Wildman–Crippen LogP) is 4.56. The quantitative estimate of drug-likeness (QED) is 0.653. The molecule has 0 bridgehead atoms. The number of amides is 1. The largest absolute Gasteiger partial charge is 0.495 e. The lowest BCUT2D eigenvalue weighted by molar-refractivity contribution is 0.0950. The Morgan fingerprint density at radius 2 is 1.89 bits per heavy atom. The molecular weight excluding hydrogens is 369 g/mol. The minimum atomic E-state index is -0.313. The molecule has 138 valence electrons. The number of hydrogen-bond donors (Lipinski definition) is 2. The predicted molar refractivity (Wildman–Crippen MR) is 103 cm³/mol. The standard InChI is InChI=1S/C20H17ClFN3O2/c1-27-19-7-6-16(9-18(19)21)25-17-8-14(11-23-12-17)20(26)24-10-13-2-4-15(22)5-3-13/h2-9,11-12,25H,10H2,1H3,(H,24,26). The lowest BCUT2D eigenvalue weighted by Crippen LogP contribution is -2.23. The Morgan fingerprint density at radius 3 is 2.59 bits per heavy atom. The Hall–Kier alpha value is -3.12. The molecule has 2 N–H and O–H groups in total. The van der Waals surface area contributed by atoms with Gasteiger partial charge in [-0.1, -0.05) is 23.7 Å². The zero-order chi connectivity index (χ0) is 19.2. The molecule has 3 aromatic rings. The highest BCUT2D eigenvalue weighted by molar-refractivity contribution is 6.32. The second-order valence-corrected chi connectivity index (χ2v) is 6.15. The van der Waals surface area contributed by atoms with Gasteiger partial charge in [-0.25, -0.2) is 4.39 Å². The first kappa shape index (κ1) is 18.7. The van der Waals surface area contributed by atoms with Crippen LogP contribution in [0, 0.1) is 5.82 Å². The van der Waals surface area contributed by atoms with E-state index in [0.717, 1.165) is 11.3 Å². The molecule has 0 atom stereocenters. The average Bonchev–Trinajstić information content (AvgIpc) is 2.68. The van der Waals surface area contributed by atoms with Crippen molar-refractivity contribution in [2.45, 2.75) is 6.54 Å². The first-order valence-electron chi connectivity index (χ1n) is 8.13. The molecule has 0 aliphatic carbocycles. The third kappa shape index (κ3) is 4.95. The normalized spacial score (nSPS) is 10.3. The SMILES string of the molecule is COc1ccc(Nc2cncc(C(=O)NCc3ccc(F)cc3)c2)cc1Cl. The summed E-state index contributed by atoms with van der Waals surface area (Å²) >= 11 is 6.12. The molecule has 0 radical (unpaired) electrons. The highest BCUT2D eigenvalue weighted by atomic mass is 35.5. The van der Waals surface area contributed by atoms with Crippen molar-refractivity contribution < 1.29 is 13.9 Å². The summed E-state index contributed by atoms with van der Waals surface area (Å²) in [6, 6.07) is 12.9. The van der Waals surface area contributed by atoms with E-state index in [0.29, 0.717) is 28.6 Å². The van der Waals surface area contributed by atoms with Crippen molar-refractivity contribution in [1.29, 1.82) is 0 Å². The van der Waals surface area contributed by atoms with Crippen LogP contribution in [-0.4, -0.2) is 18.0 Å². The fourth-order valence-electron chi connectivity index (χ4n) is 2.43. The molecule has 0 unspecified atom stereocenters. The average molecular weight is 386 g/mol. The summed E-state index contributed by atoms with van der Waals surface area (Å²) < 4.78 is 18.0. The van der Waals surface area contributed by atoms with E-state index in [2.05, 4.69) is 15.6 Å². The Bertz CT molecular complexity index is 948. The van der Waals surface area contributed by atoms with Gasteiger partial charge in [-0.2, -0.15) is 0 Å². The summed E-state index contributed by atoms with van der Waals surface area (Å²) in [5, 5.41) is 6.41. The fraction of sp³-hybridized carbons (Fsp3) is 0.100. The summed E-state index contributed by atoms with van der Waals surface area (Å²) in [6.45, 7) is 0.296. The number of aromatic nitrogens is 1. The molecule has 7 heteroatoms. The van der Waals surface area contributed by atoms with Crippen LogP contribution in [0.3, 0.4) is 0 Å². The number of methoxy groups -OCH3 is 1. The van der Waals surface area contributed by atoms with Gasteiger partial charge in [0, 0.05) is 18.4 Å². The topological polar surface area (TPSA) is 63.2 Å². The van der Waals surface area contributed by atoms with E-state index in [9.17, 15) is 9.18 Å². The molecule has 1 heterocycles. The number of hydrogen-bond acceptors (Lipinski definition) is 4. The number of pyridine rings is 1. The first-order valence-corrected chi connectivity index (χ1v) is 8.51. The van der Waals surface area contributed by atoms with Crippen LogP contribution in [0.2, 0.25) is 5.02 Å². The molecule has 0 fully saturated rings. The van der Waals surface area contributed by atoms with E-state index in [-0.39, 0.29) is 11.7 Å². The Balaban J connectivity index is 1.66. The first-order chi connectivity index (χ1) is 13.0. The van der Waals surface area contributed by atoms with Gasteiger partial charge in [0.25, 0.3) is 5.91 Å². The fourth-order valence-corrected chi connectivity index (χ4v) is 2.69. The monoisotopic (exact) mass is 385 g/mol. The van der Waals surface area contributed by atoms with E-state index in [1.165, 1.54) is 18.3 Å². The zero-order valence-corrected chi connectivity index (χ0v) is 15.3. The number of nitrogens with one attached hydrogen (secondary N) is 2. The summed E-state index contributed by atoms with van der Waals surface area (Å²) in [6.07, 6.45) is 3.08. The summed E-state index contributed by atoms with van der Waals surface area (Å²) in [5.74, 6) is -0.0100. The van der Waals surface area contributed by atoms with Gasteiger partial charge in [0.2, 0.25) is 0 Å². The molecule has 1 aromatic heterocycles. The summed E-state index contributed by atoms with van der Waals surface area (Å²) in [7, 11) is 1.55. The smallest absolute Gasteiger partial charge is 0.253 e. The molecule has 0 saturated carbocycles. The van der Waals surface area contributed by atoms with E-state index in [4.69, 9.17) is 16.3 Å². The van der Waals surface area contributed by atoms with Crippen molar-refractivity contribution in [1.82, 2.24) is 10.3 Å². The number of nitrogens with zero attached hydrogens (tertiary/aromatic N) is 1. The lowest BCUT2D eigenvalue weighted by Gasteiger charge is -2.10. The van der Waals surface area contributed by atoms with Crippen LogP contribution in [0.5, 0.6) is 5.75 Å². The number of benzene rings is 2. The highest BCUT2D eigenvalue weighted by Gasteiger charge is 2.08. The second kappa shape index (κ2) is 8.51. The summed E-state index contributed by atoms with van der Waals surface area (Å²) in [5.41, 5.74) is 2.60. The van der Waals surface area contributed by atoms with Crippen molar-refractivity contribution >= 4 is 28.9 Å². The number of anilines is 2. The number of carbonyl (C=O) groups is 1. The lowest BCUT2D eigenvalue weighted by atomic mass is 10.2. The third-order valence-electron chi connectivity index (χ3n) is 3.81.